The van der Waals surface area contributed by atoms with Crippen LogP contribution in [0.4, 0.5) is 32.0 Å². The average Bonchev–Trinajstić information content (AvgIpc) is 2.87. The van der Waals surface area contributed by atoms with Crippen LogP contribution >= 0.6 is 11.6 Å². The van der Waals surface area contributed by atoms with Crippen LogP contribution in [0.15, 0.2) is 82.9 Å². The molecule has 3 aromatic rings. The molecule has 12 heteroatoms. The normalized spacial score (nSPS) is 13.1. The molecule has 0 atom stereocenters. The van der Waals surface area contributed by atoms with Gasteiger partial charge in [-0.3, -0.25) is 9.79 Å². The third-order valence-corrected chi connectivity index (χ3v) is 5.84. The molecule has 39 heavy (non-hydrogen) atoms. The van der Waals surface area contributed by atoms with Gasteiger partial charge in [-0.2, -0.15) is 31.4 Å². The number of anilines is 1. The Morgan fingerprint density at radius 1 is 0.897 bits per heavy atom. The van der Waals surface area contributed by atoms with Gasteiger partial charge in [-0.15, -0.1) is 0 Å². The number of carbonyl (C=O) groups excluding carboxylic acids is 1. The van der Waals surface area contributed by atoms with Crippen molar-refractivity contribution in [1.29, 1.82) is 0 Å². The summed E-state index contributed by atoms with van der Waals surface area (Å²) in [5, 5.41) is 3.90. The van der Waals surface area contributed by atoms with Crippen molar-refractivity contribution in [2.75, 3.05) is 4.90 Å². The molecule has 0 radical (unpaired) electrons. The van der Waals surface area contributed by atoms with Gasteiger partial charge in [0.1, 0.15) is 0 Å². The van der Waals surface area contributed by atoms with E-state index in [1.807, 2.05) is 0 Å². The van der Waals surface area contributed by atoms with Crippen LogP contribution in [-0.2, 0) is 23.7 Å². The van der Waals surface area contributed by atoms with Crippen molar-refractivity contribution in [3.8, 4) is 0 Å². The van der Waals surface area contributed by atoms with Gasteiger partial charge in [0.05, 0.1) is 34.1 Å². The molecule has 0 aromatic heterocycles. The minimum atomic E-state index is -5.02. The lowest BCUT2D eigenvalue weighted by Crippen LogP contribution is -2.45. The third kappa shape index (κ3) is 7.17. The summed E-state index contributed by atoms with van der Waals surface area (Å²) in [6.45, 7) is 2.81. The number of alkyl halides is 6. The monoisotopic (exact) mass is 568 g/mol. The SMILES string of the molecule is CC(C)N(C(=O)C(=NN)C(=NCc1cc(C(F)(F)F)cc(C(F)(F)F)c1)c1ccccc1)c1ccccc1Cl. The zero-order valence-corrected chi connectivity index (χ0v) is 21.4. The number of hydrazone groups is 1. The van der Waals surface area contributed by atoms with Crippen LogP contribution in [0.3, 0.4) is 0 Å². The second kappa shape index (κ2) is 11.9. The number of nitrogens with zero attached hydrogens (tertiary/aromatic N) is 3. The van der Waals surface area contributed by atoms with Gasteiger partial charge in [0.15, 0.2) is 5.71 Å². The van der Waals surface area contributed by atoms with Crippen molar-refractivity contribution in [2.45, 2.75) is 38.8 Å². The maximum absolute atomic E-state index is 13.7. The van der Waals surface area contributed by atoms with E-state index < -0.39 is 42.0 Å². The summed E-state index contributed by atoms with van der Waals surface area (Å²) in [4.78, 5) is 19.3. The zero-order valence-electron chi connectivity index (χ0n) is 20.7. The Morgan fingerprint density at radius 3 is 1.92 bits per heavy atom. The van der Waals surface area contributed by atoms with Crippen molar-refractivity contribution in [1.82, 2.24) is 0 Å². The highest BCUT2D eigenvalue weighted by atomic mass is 35.5. The standard InChI is InChI=1S/C27H23ClF6N4O/c1-16(2)38(22-11-7-6-10-21(22)28)25(39)24(37-35)23(18-8-4-3-5-9-18)36-15-17-12-19(26(29,30)31)14-20(13-17)27(32,33)34/h3-14,16H,15,35H2,1-2H3. The molecule has 0 aliphatic heterocycles. The van der Waals surface area contributed by atoms with Crippen LogP contribution in [-0.4, -0.2) is 23.4 Å². The molecule has 2 N–H and O–H groups in total. The minimum absolute atomic E-state index is 0.0335. The number of halogens is 7. The molecule has 0 aliphatic rings. The van der Waals surface area contributed by atoms with Gasteiger partial charge < -0.3 is 10.7 Å². The fraction of sp³-hybridized carbons (Fsp3) is 0.222. The number of hydrogen-bond acceptors (Lipinski definition) is 4. The maximum Gasteiger partial charge on any atom is 0.416 e. The zero-order chi connectivity index (χ0) is 29.0. The Balaban J connectivity index is 2.14. The van der Waals surface area contributed by atoms with Crippen LogP contribution < -0.4 is 10.7 Å². The second-order valence-corrected chi connectivity index (χ2v) is 9.05. The van der Waals surface area contributed by atoms with Gasteiger partial charge in [-0.1, -0.05) is 54.1 Å². The molecule has 0 aliphatic carbocycles. The molecule has 206 valence electrons. The van der Waals surface area contributed by atoms with Crippen LogP contribution in [0.25, 0.3) is 0 Å². The van der Waals surface area contributed by atoms with Crippen LogP contribution in [0.2, 0.25) is 5.02 Å². The van der Waals surface area contributed by atoms with E-state index in [9.17, 15) is 31.1 Å². The number of amides is 1. The lowest BCUT2D eigenvalue weighted by Gasteiger charge is -2.28. The lowest BCUT2D eigenvalue weighted by atomic mass is 10.0. The van der Waals surface area contributed by atoms with Gasteiger partial charge in [-0.25, -0.2) is 0 Å². The highest BCUT2D eigenvalue weighted by Gasteiger charge is 2.37. The van der Waals surface area contributed by atoms with Crippen molar-refractivity contribution in [3.05, 3.63) is 100 Å². The molecule has 1 amide bonds. The fourth-order valence-corrected chi connectivity index (χ4v) is 4.01. The summed E-state index contributed by atoms with van der Waals surface area (Å²) >= 11 is 6.32. The van der Waals surface area contributed by atoms with Crippen molar-refractivity contribution < 1.29 is 31.1 Å². The smallest absolute Gasteiger partial charge is 0.322 e. The van der Waals surface area contributed by atoms with E-state index in [-0.39, 0.29) is 28.1 Å². The van der Waals surface area contributed by atoms with Gasteiger partial charge in [0, 0.05) is 11.6 Å². The summed E-state index contributed by atoms with van der Waals surface area (Å²) in [5.41, 5.74) is -3.14. The summed E-state index contributed by atoms with van der Waals surface area (Å²) < 4.78 is 80.1. The number of rotatable bonds is 7. The summed E-state index contributed by atoms with van der Waals surface area (Å²) in [6.07, 6.45) is -10.0. The predicted octanol–water partition coefficient (Wildman–Crippen LogP) is 7.12. The van der Waals surface area contributed by atoms with Crippen molar-refractivity contribution >= 4 is 34.6 Å². The Kier molecular flexibility index (Phi) is 9.06. The third-order valence-electron chi connectivity index (χ3n) is 5.52. The second-order valence-electron chi connectivity index (χ2n) is 8.64. The molecule has 0 spiro atoms. The minimum Gasteiger partial charge on any atom is -0.322 e. The number of para-hydroxylation sites is 1. The molecule has 0 unspecified atom stereocenters. The summed E-state index contributed by atoms with van der Waals surface area (Å²) in [5.74, 6) is 4.91. The quantitative estimate of drug-likeness (QED) is 0.143. The Bertz CT molecular complexity index is 1350. The average molecular weight is 569 g/mol. The molecule has 3 rings (SSSR count). The Hall–Kier alpha value is -3.86. The van der Waals surface area contributed by atoms with Crippen LogP contribution in [0.1, 0.15) is 36.1 Å². The molecule has 5 nitrogen and oxygen atoms in total. The first-order valence-electron chi connectivity index (χ1n) is 11.5. The van der Waals surface area contributed by atoms with Gasteiger partial charge >= 0.3 is 12.4 Å². The van der Waals surface area contributed by atoms with E-state index in [2.05, 4.69) is 10.1 Å². The highest BCUT2D eigenvalue weighted by Crippen LogP contribution is 2.36. The van der Waals surface area contributed by atoms with E-state index in [1.165, 1.54) is 4.90 Å². The van der Waals surface area contributed by atoms with Gasteiger partial charge in [-0.05, 0) is 49.7 Å². The van der Waals surface area contributed by atoms with E-state index in [0.717, 1.165) is 0 Å². The lowest BCUT2D eigenvalue weighted by molar-refractivity contribution is -0.143. The van der Waals surface area contributed by atoms with E-state index >= 15 is 0 Å². The van der Waals surface area contributed by atoms with Crippen LogP contribution in [0, 0.1) is 0 Å². The van der Waals surface area contributed by atoms with Gasteiger partial charge in [0.25, 0.3) is 5.91 Å². The first kappa shape index (κ1) is 29.7. The molecule has 0 heterocycles. The largest absolute Gasteiger partial charge is 0.416 e. The fourth-order valence-electron chi connectivity index (χ4n) is 3.78. The maximum atomic E-state index is 13.7. The summed E-state index contributed by atoms with van der Waals surface area (Å²) in [7, 11) is 0. The number of benzene rings is 3. The summed E-state index contributed by atoms with van der Waals surface area (Å²) in [6, 6.07) is 15.3. The molecule has 0 saturated heterocycles. The predicted molar refractivity (Wildman–Crippen MR) is 139 cm³/mol. The first-order valence-corrected chi connectivity index (χ1v) is 11.9. The molecule has 0 fully saturated rings. The number of hydrogen-bond donors (Lipinski definition) is 1. The van der Waals surface area contributed by atoms with Gasteiger partial charge in [0.2, 0.25) is 0 Å². The topological polar surface area (TPSA) is 71.0 Å². The number of nitrogens with two attached hydrogens (primary N) is 1. The Morgan fingerprint density at radius 2 is 1.44 bits per heavy atom. The molecular formula is C27H23ClF6N4O. The van der Waals surface area contributed by atoms with Crippen molar-refractivity contribution in [3.63, 3.8) is 0 Å². The number of aliphatic imine (C=N–C) groups is 1. The highest BCUT2D eigenvalue weighted by molar-refractivity contribution is 6.72. The van der Waals surface area contributed by atoms with Crippen molar-refractivity contribution in [2.24, 2.45) is 15.9 Å². The molecule has 3 aromatic carbocycles. The first-order chi connectivity index (χ1) is 18.2. The Labute approximate surface area is 225 Å². The number of carbonyl (C=O) groups is 1. The van der Waals surface area contributed by atoms with E-state index in [0.29, 0.717) is 23.4 Å². The molecule has 0 saturated carbocycles. The molecular weight excluding hydrogens is 546 g/mol. The van der Waals surface area contributed by atoms with Crippen LogP contribution in [0.5, 0.6) is 0 Å². The van der Waals surface area contributed by atoms with E-state index in [4.69, 9.17) is 17.4 Å². The molecule has 0 bridgehead atoms. The van der Waals surface area contributed by atoms with E-state index in [1.54, 1.807) is 68.4 Å².